The van der Waals surface area contributed by atoms with Gasteiger partial charge in [-0.25, -0.2) is 0 Å². The summed E-state index contributed by atoms with van der Waals surface area (Å²) in [5, 5.41) is 3.63. The molecule has 0 aromatic rings. The summed E-state index contributed by atoms with van der Waals surface area (Å²) in [5.74, 6) is 1.22. The zero-order chi connectivity index (χ0) is 12.0. The molecular weight excluding hydrogens is 222 g/mol. The van der Waals surface area contributed by atoms with Crippen LogP contribution in [0.4, 0.5) is 0 Å². The fourth-order valence-electron chi connectivity index (χ4n) is 2.07. The molecular formula is C12H21NO2S. The van der Waals surface area contributed by atoms with Crippen molar-refractivity contribution in [2.24, 2.45) is 0 Å². The first-order valence-electron chi connectivity index (χ1n) is 6.04. The molecule has 0 aromatic carbocycles. The molecule has 3 nitrogen and oxygen atoms in total. The summed E-state index contributed by atoms with van der Waals surface area (Å²) in [6, 6.07) is 0.324. The SMILES string of the molecule is CCSC1CCCC1NC(=O)CCC(C)=O. The number of nitrogens with one attached hydrogen (secondary N) is 1. The van der Waals surface area contributed by atoms with Crippen LogP contribution >= 0.6 is 11.8 Å². The van der Waals surface area contributed by atoms with Crippen LogP contribution in [-0.2, 0) is 9.59 Å². The Bertz CT molecular complexity index is 255. The van der Waals surface area contributed by atoms with Crippen molar-refractivity contribution in [1.82, 2.24) is 5.32 Å². The topological polar surface area (TPSA) is 46.2 Å². The lowest BCUT2D eigenvalue weighted by molar-refractivity contribution is -0.125. The van der Waals surface area contributed by atoms with Crippen molar-refractivity contribution in [2.75, 3.05) is 5.75 Å². The van der Waals surface area contributed by atoms with Crippen molar-refractivity contribution in [2.45, 2.75) is 57.2 Å². The van der Waals surface area contributed by atoms with E-state index in [0.29, 0.717) is 24.1 Å². The molecule has 1 aliphatic rings. The summed E-state index contributed by atoms with van der Waals surface area (Å²) < 4.78 is 0. The van der Waals surface area contributed by atoms with Gasteiger partial charge in [-0.15, -0.1) is 0 Å². The Morgan fingerprint density at radius 1 is 1.31 bits per heavy atom. The van der Waals surface area contributed by atoms with Gasteiger partial charge in [0.25, 0.3) is 0 Å². The van der Waals surface area contributed by atoms with Gasteiger partial charge in [0.2, 0.25) is 5.91 Å². The van der Waals surface area contributed by atoms with Crippen molar-refractivity contribution >= 4 is 23.5 Å². The zero-order valence-corrected chi connectivity index (χ0v) is 10.9. The fraction of sp³-hybridized carbons (Fsp3) is 0.833. The number of carbonyl (C=O) groups is 2. The first-order chi connectivity index (χ1) is 7.63. The Morgan fingerprint density at radius 3 is 2.69 bits per heavy atom. The molecule has 1 amide bonds. The second-order valence-corrected chi connectivity index (χ2v) is 5.82. The average molecular weight is 243 g/mol. The Morgan fingerprint density at radius 2 is 2.06 bits per heavy atom. The molecule has 4 heteroatoms. The molecule has 2 atom stereocenters. The van der Waals surface area contributed by atoms with Gasteiger partial charge in [-0.2, -0.15) is 11.8 Å². The molecule has 1 fully saturated rings. The molecule has 1 rings (SSSR count). The van der Waals surface area contributed by atoms with E-state index in [-0.39, 0.29) is 11.7 Å². The van der Waals surface area contributed by atoms with Crippen LogP contribution in [-0.4, -0.2) is 28.7 Å². The van der Waals surface area contributed by atoms with E-state index in [2.05, 4.69) is 12.2 Å². The van der Waals surface area contributed by atoms with Crippen LogP contribution in [0.15, 0.2) is 0 Å². The number of rotatable bonds is 6. The predicted octanol–water partition coefficient (Wildman–Crippen LogP) is 2.15. The van der Waals surface area contributed by atoms with Crippen LogP contribution in [0, 0.1) is 0 Å². The van der Waals surface area contributed by atoms with Crippen LogP contribution in [0.5, 0.6) is 0 Å². The second kappa shape index (κ2) is 6.94. The molecule has 0 aromatic heterocycles. The van der Waals surface area contributed by atoms with Crippen LogP contribution in [0.25, 0.3) is 0 Å². The Labute approximate surface area is 102 Å². The van der Waals surface area contributed by atoms with E-state index in [1.54, 1.807) is 0 Å². The average Bonchev–Trinajstić information content (AvgIpc) is 2.63. The maximum atomic E-state index is 11.6. The minimum Gasteiger partial charge on any atom is -0.352 e. The summed E-state index contributed by atoms with van der Waals surface area (Å²) >= 11 is 1.93. The third-order valence-corrected chi connectivity index (χ3v) is 4.21. The highest BCUT2D eigenvalue weighted by Crippen LogP contribution is 2.29. The van der Waals surface area contributed by atoms with Crippen LogP contribution < -0.4 is 5.32 Å². The first kappa shape index (κ1) is 13.6. The lowest BCUT2D eigenvalue weighted by atomic mass is 10.2. The van der Waals surface area contributed by atoms with E-state index in [1.165, 1.54) is 19.8 Å². The molecule has 2 unspecified atom stereocenters. The van der Waals surface area contributed by atoms with Gasteiger partial charge < -0.3 is 10.1 Å². The molecule has 16 heavy (non-hydrogen) atoms. The monoisotopic (exact) mass is 243 g/mol. The van der Waals surface area contributed by atoms with Gasteiger partial charge in [-0.3, -0.25) is 4.79 Å². The van der Waals surface area contributed by atoms with E-state index in [4.69, 9.17) is 0 Å². The number of carbonyl (C=O) groups excluding carboxylic acids is 2. The standard InChI is InChI=1S/C12H21NO2S/c1-3-16-11-6-4-5-10(11)13-12(15)8-7-9(2)14/h10-11H,3-8H2,1-2H3,(H,13,15). The van der Waals surface area contributed by atoms with Crippen molar-refractivity contribution in [1.29, 1.82) is 0 Å². The first-order valence-corrected chi connectivity index (χ1v) is 7.08. The fourth-order valence-corrected chi connectivity index (χ4v) is 3.27. The molecule has 0 spiro atoms. The quantitative estimate of drug-likeness (QED) is 0.777. The van der Waals surface area contributed by atoms with Crippen LogP contribution in [0.2, 0.25) is 0 Å². The van der Waals surface area contributed by atoms with E-state index >= 15 is 0 Å². The predicted molar refractivity (Wildman–Crippen MR) is 67.6 cm³/mol. The number of Topliss-reactive ketones (excluding diaryl/α,β-unsaturated/α-hetero) is 1. The number of ketones is 1. The van der Waals surface area contributed by atoms with Crippen LogP contribution in [0.1, 0.15) is 46.0 Å². The van der Waals surface area contributed by atoms with Gasteiger partial charge in [-0.05, 0) is 25.5 Å². The minimum absolute atomic E-state index is 0.0313. The van der Waals surface area contributed by atoms with E-state index in [1.807, 2.05) is 11.8 Å². The summed E-state index contributed by atoms with van der Waals surface area (Å²) in [4.78, 5) is 22.3. The number of thioether (sulfide) groups is 1. The minimum atomic E-state index is 0.0313. The summed E-state index contributed by atoms with van der Waals surface area (Å²) in [5.41, 5.74) is 0. The third-order valence-electron chi connectivity index (χ3n) is 2.88. The van der Waals surface area contributed by atoms with Gasteiger partial charge in [0.1, 0.15) is 5.78 Å². The molecule has 1 saturated carbocycles. The van der Waals surface area contributed by atoms with Crippen LogP contribution in [0.3, 0.4) is 0 Å². The highest BCUT2D eigenvalue weighted by atomic mass is 32.2. The maximum Gasteiger partial charge on any atom is 0.220 e. The summed E-state index contributed by atoms with van der Waals surface area (Å²) in [7, 11) is 0. The van der Waals surface area contributed by atoms with E-state index in [0.717, 1.165) is 12.2 Å². The Hall–Kier alpha value is -0.510. The van der Waals surface area contributed by atoms with Gasteiger partial charge in [0.05, 0.1) is 0 Å². The molecule has 0 heterocycles. The highest BCUT2D eigenvalue weighted by Gasteiger charge is 2.28. The lowest BCUT2D eigenvalue weighted by Crippen LogP contribution is -2.38. The van der Waals surface area contributed by atoms with Gasteiger partial charge in [0, 0.05) is 24.1 Å². The lowest BCUT2D eigenvalue weighted by Gasteiger charge is -2.19. The molecule has 92 valence electrons. The third kappa shape index (κ3) is 4.56. The molecule has 0 bridgehead atoms. The largest absolute Gasteiger partial charge is 0.352 e. The molecule has 0 aliphatic heterocycles. The van der Waals surface area contributed by atoms with Gasteiger partial charge in [0.15, 0.2) is 0 Å². The summed E-state index contributed by atoms with van der Waals surface area (Å²) in [6.45, 7) is 3.68. The number of hydrogen-bond acceptors (Lipinski definition) is 3. The normalized spacial score (nSPS) is 24.4. The smallest absolute Gasteiger partial charge is 0.220 e. The Balaban J connectivity index is 2.29. The summed E-state index contributed by atoms with van der Waals surface area (Å²) in [6.07, 6.45) is 4.20. The van der Waals surface area contributed by atoms with Crippen molar-refractivity contribution in [3.8, 4) is 0 Å². The number of hydrogen-bond donors (Lipinski definition) is 1. The molecule has 0 radical (unpaired) electrons. The van der Waals surface area contributed by atoms with Gasteiger partial charge in [-0.1, -0.05) is 13.3 Å². The van der Waals surface area contributed by atoms with Crippen molar-refractivity contribution in [3.05, 3.63) is 0 Å². The van der Waals surface area contributed by atoms with Crippen molar-refractivity contribution in [3.63, 3.8) is 0 Å². The molecule has 1 N–H and O–H groups in total. The van der Waals surface area contributed by atoms with E-state index < -0.39 is 0 Å². The Kier molecular flexibility index (Phi) is 5.88. The highest BCUT2D eigenvalue weighted by molar-refractivity contribution is 7.99. The second-order valence-electron chi connectivity index (χ2n) is 4.30. The van der Waals surface area contributed by atoms with E-state index in [9.17, 15) is 9.59 Å². The number of amides is 1. The molecule has 1 aliphatic carbocycles. The molecule has 0 saturated heterocycles. The maximum absolute atomic E-state index is 11.6. The van der Waals surface area contributed by atoms with Gasteiger partial charge >= 0.3 is 0 Å². The van der Waals surface area contributed by atoms with Crippen molar-refractivity contribution < 1.29 is 9.59 Å². The zero-order valence-electron chi connectivity index (χ0n) is 10.1.